The van der Waals surface area contributed by atoms with Crippen LogP contribution in [0.15, 0.2) is 54.6 Å². The monoisotopic (exact) mass is 419 g/mol. The zero-order chi connectivity index (χ0) is 21.6. The zero-order valence-corrected chi connectivity index (χ0v) is 17.7. The molecule has 7 heteroatoms. The molecule has 1 saturated heterocycles. The first-order valence-electron chi connectivity index (χ1n) is 10.2. The Labute approximate surface area is 181 Å². The zero-order valence-electron chi connectivity index (χ0n) is 17.7. The van der Waals surface area contributed by atoms with E-state index >= 15 is 0 Å². The van der Waals surface area contributed by atoms with Gasteiger partial charge in [0.15, 0.2) is 11.5 Å². The van der Waals surface area contributed by atoms with E-state index in [0.29, 0.717) is 11.7 Å². The minimum absolute atomic E-state index is 0.157. The summed E-state index contributed by atoms with van der Waals surface area (Å²) in [5.41, 5.74) is 4.47. The highest BCUT2D eigenvalue weighted by atomic mass is 16.5. The molecule has 1 aliphatic rings. The van der Waals surface area contributed by atoms with Gasteiger partial charge in [0.25, 0.3) is 0 Å². The normalized spacial score (nSPS) is 14.3. The van der Waals surface area contributed by atoms with Gasteiger partial charge in [-0.1, -0.05) is 48.5 Å². The van der Waals surface area contributed by atoms with Gasteiger partial charge < -0.3 is 14.2 Å². The summed E-state index contributed by atoms with van der Waals surface area (Å²) < 4.78 is 15.4. The summed E-state index contributed by atoms with van der Waals surface area (Å²) >= 11 is 0. The maximum absolute atomic E-state index is 11.9. The van der Waals surface area contributed by atoms with Crippen molar-refractivity contribution in [2.45, 2.75) is 6.54 Å². The van der Waals surface area contributed by atoms with Crippen LogP contribution in [0, 0.1) is 0 Å². The summed E-state index contributed by atoms with van der Waals surface area (Å²) in [5.74, 6) is 0.188. The number of ether oxygens (including phenoxy) is 3. The number of esters is 1. The van der Waals surface area contributed by atoms with Crippen LogP contribution in [0.4, 0.5) is 0 Å². The molecule has 1 fully saturated rings. The summed E-state index contributed by atoms with van der Waals surface area (Å²) in [5, 5.41) is 0. The molecule has 1 aromatic heterocycles. The molecule has 1 aliphatic heterocycles. The molecule has 3 aromatic rings. The summed E-state index contributed by atoms with van der Waals surface area (Å²) in [7, 11) is 2.82. The van der Waals surface area contributed by atoms with Gasteiger partial charge in [0.2, 0.25) is 5.88 Å². The van der Waals surface area contributed by atoms with Crippen LogP contribution in [0.25, 0.3) is 22.5 Å². The maximum Gasteiger partial charge on any atom is 0.356 e. The second-order valence-electron chi connectivity index (χ2n) is 7.27. The number of hydrogen-bond donors (Lipinski definition) is 0. The van der Waals surface area contributed by atoms with E-state index in [1.165, 1.54) is 25.8 Å². The Morgan fingerprint density at radius 3 is 2.16 bits per heavy atom. The fraction of sp³-hybridized carbons (Fsp3) is 0.292. The fourth-order valence-corrected chi connectivity index (χ4v) is 3.50. The van der Waals surface area contributed by atoms with Crippen LogP contribution < -0.4 is 4.74 Å². The molecule has 4 rings (SSSR count). The highest BCUT2D eigenvalue weighted by molar-refractivity contribution is 5.88. The molecule has 0 spiro atoms. The van der Waals surface area contributed by atoms with E-state index in [1.807, 2.05) is 24.3 Å². The fourth-order valence-electron chi connectivity index (χ4n) is 3.50. The van der Waals surface area contributed by atoms with Crippen LogP contribution >= 0.6 is 0 Å². The smallest absolute Gasteiger partial charge is 0.356 e. The number of aromatic nitrogens is 2. The minimum atomic E-state index is -0.532. The Hall–Kier alpha value is -3.29. The topological polar surface area (TPSA) is 73.8 Å². The minimum Gasteiger partial charge on any atom is -0.481 e. The molecular formula is C24H25N3O4. The maximum atomic E-state index is 11.9. The Balaban J connectivity index is 1.51. The molecule has 31 heavy (non-hydrogen) atoms. The molecule has 2 heterocycles. The van der Waals surface area contributed by atoms with E-state index < -0.39 is 5.97 Å². The predicted octanol–water partition coefficient (Wildman–Crippen LogP) is 3.44. The van der Waals surface area contributed by atoms with Crippen molar-refractivity contribution in [2.24, 2.45) is 0 Å². The van der Waals surface area contributed by atoms with Crippen molar-refractivity contribution in [3.63, 3.8) is 0 Å². The molecule has 0 saturated carbocycles. The number of carbonyl (C=O) groups is 1. The summed E-state index contributed by atoms with van der Waals surface area (Å²) in [6.07, 6.45) is 0. The van der Waals surface area contributed by atoms with Crippen molar-refractivity contribution in [1.82, 2.24) is 14.9 Å². The quantitative estimate of drug-likeness (QED) is 0.567. The van der Waals surface area contributed by atoms with Gasteiger partial charge >= 0.3 is 5.97 Å². The molecule has 0 N–H and O–H groups in total. The first-order valence-corrected chi connectivity index (χ1v) is 10.2. The van der Waals surface area contributed by atoms with E-state index in [-0.39, 0.29) is 5.69 Å². The molecule has 0 atom stereocenters. The molecule has 0 unspecified atom stereocenters. The van der Waals surface area contributed by atoms with Crippen molar-refractivity contribution in [2.75, 3.05) is 40.5 Å². The number of carbonyl (C=O) groups excluding carboxylic acids is 1. The first kappa shape index (κ1) is 21.0. The van der Waals surface area contributed by atoms with Crippen LogP contribution in [0.2, 0.25) is 0 Å². The first-order chi connectivity index (χ1) is 15.2. The summed E-state index contributed by atoms with van der Waals surface area (Å²) in [6.45, 7) is 4.52. The molecule has 0 aliphatic carbocycles. The van der Waals surface area contributed by atoms with Crippen molar-refractivity contribution in [1.29, 1.82) is 0 Å². The summed E-state index contributed by atoms with van der Waals surface area (Å²) in [6, 6.07) is 18.0. The second-order valence-corrected chi connectivity index (χ2v) is 7.27. The van der Waals surface area contributed by atoms with E-state index in [4.69, 9.17) is 14.2 Å². The van der Waals surface area contributed by atoms with Crippen LogP contribution in [0.5, 0.6) is 5.88 Å². The molecular weight excluding hydrogens is 394 g/mol. The van der Waals surface area contributed by atoms with Gasteiger partial charge in [-0.3, -0.25) is 4.90 Å². The van der Waals surface area contributed by atoms with Gasteiger partial charge in [0.1, 0.15) is 0 Å². The van der Waals surface area contributed by atoms with Crippen LogP contribution in [-0.4, -0.2) is 61.4 Å². The number of benzene rings is 2. The highest BCUT2D eigenvalue weighted by Gasteiger charge is 2.14. The van der Waals surface area contributed by atoms with Gasteiger partial charge in [-0.2, -0.15) is 4.98 Å². The molecule has 0 amide bonds. The Bertz CT molecular complexity index is 1030. The van der Waals surface area contributed by atoms with Gasteiger partial charge in [0.05, 0.1) is 27.4 Å². The third-order valence-corrected chi connectivity index (χ3v) is 5.25. The van der Waals surface area contributed by atoms with Crippen molar-refractivity contribution >= 4 is 5.97 Å². The Morgan fingerprint density at radius 1 is 0.935 bits per heavy atom. The van der Waals surface area contributed by atoms with Gasteiger partial charge in [-0.25, -0.2) is 9.78 Å². The lowest BCUT2D eigenvalue weighted by Gasteiger charge is -2.26. The standard InChI is InChI=1S/C24H25N3O4/c1-29-22-15-21(24(28)30-2)25-23(26-22)20-9-7-19(8-10-20)18-5-3-17(4-6-18)16-27-11-13-31-14-12-27/h3-10,15H,11-14,16H2,1-2H3. The second kappa shape index (κ2) is 9.68. The molecule has 0 bridgehead atoms. The molecule has 2 aromatic carbocycles. The van der Waals surface area contributed by atoms with Crippen molar-refractivity contribution < 1.29 is 19.0 Å². The van der Waals surface area contributed by atoms with E-state index in [0.717, 1.165) is 49.5 Å². The number of methoxy groups -OCH3 is 2. The van der Waals surface area contributed by atoms with Gasteiger partial charge in [-0.15, -0.1) is 0 Å². The molecule has 7 nitrogen and oxygen atoms in total. The lowest BCUT2D eigenvalue weighted by Crippen LogP contribution is -2.35. The van der Waals surface area contributed by atoms with E-state index in [9.17, 15) is 4.79 Å². The SMILES string of the molecule is COC(=O)c1cc(OC)nc(-c2ccc(-c3ccc(CN4CCOCC4)cc3)cc2)n1. The van der Waals surface area contributed by atoms with Crippen molar-refractivity contribution in [3.8, 4) is 28.4 Å². The van der Waals surface area contributed by atoms with Crippen LogP contribution in [0.1, 0.15) is 16.1 Å². The van der Waals surface area contributed by atoms with Crippen LogP contribution in [0.3, 0.4) is 0 Å². The molecule has 0 radical (unpaired) electrons. The average molecular weight is 419 g/mol. The Kier molecular flexibility index (Phi) is 6.54. The summed E-state index contributed by atoms with van der Waals surface area (Å²) in [4.78, 5) is 23.0. The van der Waals surface area contributed by atoms with E-state index in [1.54, 1.807) is 0 Å². The molecule has 160 valence electrons. The van der Waals surface area contributed by atoms with Crippen LogP contribution in [-0.2, 0) is 16.0 Å². The number of morpholine rings is 1. The largest absolute Gasteiger partial charge is 0.481 e. The Morgan fingerprint density at radius 2 is 1.55 bits per heavy atom. The lowest BCUT2D eigenvalue weighted by atomic mass is 10.0. The van der Waals surface area contributed by atoms with E-state index in [2.05, 4.69) is 39.1 Å². The van der Waals surface area contributed by atoms with Crippen molar-refractivity contribution in [3.05, 3.63) is 65.9 Å². The third kappa shape index (κ3) is 5.07. The average Bonchev–Trinajstić information content (AvgIpc) is 2.84. The number of hydrogen-bond acceptors (Lipinski definition) is 7. The van der Waals surface area contributed by atoms with Gasteiger partial charge in [-0.05, 0) is 16.7 Å². The highest BCUT2D eigenvalue weighted by Crippen LogP contribution is 2.25. The number of nitrogens with zero attached hydrogens (tertiary/aromatic N) is 3. The third-order valence-electron chi connectivity index (χ3n) is 5.25. The number of rotatable bonds is 6. The predicted molar refractivity (Wildman–Crippen MR) is 117 cm³/mol. The lowest BCUT2D eigenvalue weighted by molar-refractivity contribution is 0.0342. The van der Waals surface area contributed by atoms with Gasteiger partial charge in [0, 0.05) is 31.3 Å².